The number of para-hydroxylation sites is 2. The first kappa shape index (κ1) is 22.5. The minimum Gasteiger partial charge on any atom is -0.494 e. The molecule has 35 heavy (non-hydrogen) atoms. The molecule has 8 nitrogen and oxygen atoms in total. The molecule has 1 amide bonds. The van der Waals surface area contributed by atoms with Gasteiger partial charge in [0.05, 0.1) is 17.6 Å². The highest BCUT2D eigenvalue weighted by atomic mass is 32.1. The van der Waals surface area contributed by atoms with Crippen molar-refractivity contribution in [2.75, 3.05) is 11.9 Å². The van der Waals surface area contributed by atoms with Crippen molar-refractivity contribution in [3.8, 4) is 22.8 Å². The standard InChI is InChI=1S/C26H24N6O2S/c1-2-34-21-13-7-18(8-14-21)25-29-30-26(35)31(25)16-15-24(33)28-19-9-11-20(12-10-19)32-17-27-22-5-3-4-6-23(22)32/h3-14,17H,2,15-16H2,1H3,(H,28,33)(H,30,35). The number of hydrogen-bond donors (Lipinski definition) is 2. The Morgan fingerprint density at radius 2 is 1.83 bits per heavy atom. The van der Waals surface area contributed by atoms with Gasteiger partial charge in [0.1, 0.15) is 12.1 Å². The maximum Gasteiger partial charge on any atom is 0.226 e. The van der Waals surface area contributed by atoms with Gasteiger partial charge in [-0.3, -0.25) is 19.0 Å². The molecule has 0 saturated carbocycles. The van der Waals surface area contributed by atoms with Gasteiger partial charge in [-0.2, -0.15) is 5.10 Å². The fourth-order valence-electron chi connectivity index (χ4n) is 3.92. The highest BCUT2D eigenvalue weighted by Crippen LogP contribution is 2.22. The van der Waals surface area contributed by atoms with E-state index >= 15 is 0 Å². The van der Waals surface area contributed by atoms with Gasteiger partial charge in [-0.05, 0) is 79.8 Å². The SMILES string of the molecule is CCOc1ccc(-c2n[nH]c(=S)n2CCC(=O)Nc2ccc(-n3cnc4ccccc43)cc2)cc1. The normalized spacial score (nSPS) is 11.0. The number of carbonyl (C=O) groups excluding carboxylic acids is 1. The van der Waals surface area contributed by atoms with E-state index in [1.165, 1.54) is 0 Å². The Hall–Kier alpha value is -4.24. The number of aromatic nitrogens is 5. The topological polar surface area (TPSA) is 89.8 Å². The quantitative estimate of drug-likeness (QED) is 0.289. The smallest absolute Gasteiger partial charge is 0.226 e. The van der Waals surface area contributed by atoms with Crippen LogP contribution in [-0.4, -0.2) is 36.8 Å². The van der Waals surface area contributed by atoms with Gasteiger partial charge in [-0.25, -0.2) is 4.98 Å². The third kappa shape index (κ3) is 4.85. The largest absolute Gasteiger partial charge is 0.494 e. The highest BCUT2D eigenvalue weighted by molar-refractivity contribution is 7.71. The van der Waals surface area contributed by atoms with Crippen molar-refractivity contribution in [1.82, 2.24) is 24.3 Å². The van der Waals surface area contributed by atoms with E-state index < -0.39 is 0 Å². The lowest BCUT2D eigenvalue weighted by Gasteiger charge is -2.10. The molecule has 0 aliphatic rings. The second kappa shape index (κ2) is 9.94. The number of anilines is 1. The Bertz CT molecular complexity index is 1520. The van der Waals surface area contributed by atoms with Crippen molar-refractivity contribution < 1.29 is 9.53 Å². The summed E-state index contributed by atoms with van der Waals surface area (Å²) in [6, 6.07) is 23.3. The second-order valence-corrected chi connectivity index (χ2v) is 8.30. The summed E-state index contributed by atoms with van der Waals surface area (Å²) in [6.45, 7) is 2.96. The first-order valence-corrected chi connectivity index (χ1v) is 11.7. The van der Waals surface area contributed by atoms with E-state index in [9.17, 15) is 4.79 Å². The van der Waals surface area contributed by atoms with Crippen LogP contribution in [0.5, 0.6) is 5.75 Å². The maximum atomic E-state index is 12.7. The van der Waals surface area contributed by atoms with E-state index in [1.54, 1.807) is 6.33 Å². The van der Waals surface area contributed by atoms with Crippen molar-refractivity contribution in [2.24, 2.45) is 0 Å². The predicted octanol–water partition coefficient (Wildman–Crippen LogP) is 5.37. The van der Waals surface area contributed by atoms with Gasteiger partial charge in [0.25, 0.3) is 0 Å². The number of ether oxygens (including phenoxy) is 1. The van der Waals surface area contributed by atoms with Gasteiger partial charge in [-0.15, -0.1) is 0 Å². The minimum atomic E-state index is -0.105. The van der Waals surface area contributed by atoms with Crippen LogP contribution in [0.4, 0.5) is 5.69 Å². The fraction of sp³-hybridized carbons (Fsp3) is 0.154. The zero-order valence-corrected chi connectivity index (χ0v) is 20.0. The average Bonchev–Trinajstić information content (AvgIpc) is 3.47. The molecule has 0 spiro atoms. The van der Waals surface area contributed by atoms with Crippen molar-refractivity contribution in [2.45, 2.75) is 19.9 Å². The van der Waals surface area contributed by atoms with Crippen LogP contribution >= 0.6 is 12.2 Å². The number of amides is 1. The average molecular weight is 485 g/mol. The van der Waals surface area contributed by atoms with Crippen LogP contribution in [0, 0.1) is 4.77 Å². The molecular weight excluding hydrogens is 460 g/mol. The summed E-state index contributed by atoms with van der Waals surface area (Å²) in [7, 11) is 0. The molecule has 0 radical (unpaired) electrons. The number of fused-ring (bicyclic) bond motifs is 1. The van der Waals surface area contributed by atoms with E-state index in [4.69, 9.17) is 17.0 Å². The molecule has 9 heteroatoms. The number of rotatable bonds is 8. The molecule has 3 aromatic carbocycles. The minimum absolute atomic E-state index is 0.105. The number of benzene rings is 3. The molecule has 0 atom stereocenters. The number of aromatic amines is 1. The first-order valence-electron chi connectivity index (χ1n) is 11.3. The van der Waals surface area contributed by atoms with Crippen molar-refractivity contribution in [1.29, 1.82) is 0 Å². The van der Waals surface area contributed by atoms with Gasteiger partial charge in [0.2, 0.25) is 5.91 Å². The third-order valence-corrected chi connectivity index (χ3v) is 5.94. The number of H-pyrrole nitrogens is 1. The van der Waals surface area contributed by atoms with Crippen LogP contribution in [0.15, 0.2) is 79.1 Å². The molecule has 0 fully saturated rings. The monoisotopic (exact) mass is 484 g/mol. The molecule has 176 valence electrons. The molecule has 0 unspecified atom stereocenters. The number of nitrogens with one attached hydrogen (secondary N) is 2. The van der Waals surface area contributed by atoms with Gasteiger partial charge in [-0.1, -0.05) is 12.1 Å². The summed E-state index contributed by atoms with van der Waals surface area (Å²) in [5.74, 6) is 1.37. The molecule has 5 rings (SSSR count). The van der Waals surface area contributed by atoms with E-state index in [2.05, 4.69) is 20.5 Å². The fourth-order valence-corrected chi connectivity index (χ4v) is 4.14. The first-order chi connectivity index (χ1) is 17.1. The number of imidazole rings is 1. The van der Waals surface area contributed by atoms with E-state index in [1.807, 2.05) is 88.9 Å². The van der Waals surface area contributed by atoms with E-state index in [0.717, 1.165) is 33.7 Å². The van der Waals surface area contributed by atoms with Crippen LogP contribution in [0.25, 0.3) is 28.1 Å². The molecule has 0 aliphatic heterocycles. The molecule has 5 aromatic rings. The molecule has 0 bridgehead atoms. The molecule has 2 N–H and O–H groups in total. The third-order valence-electron chi connectivity index (χ3n) is 5.63. The predicted molar refractivity (Wildman–Crippen MR) is 138 cm³/mol. The zero-order chi connectivity index (χ0) is 24.2. The van der Waals surface area contributed by atoms with Gasteiger partial charge in [0, 0.05) is 29.9 Å². The Morgan fingerprint density at radius 1 is 1.06 bits per heavy atom. The van der Waals surface area contributed by atoms with Crippen LogP contribution in [0.1, 0.15) is 13.3 Å². The number of hydrogen-bond acceptors (Lipinski definition) is 5. The van der Waals surface area contributed by atoms with Crippen LogP contribution in [-0.2, 0) is 11.3 Å². The summed E-state index contributed by atoms with van der Waals surface area (Å²) in [6.07, 6.45) is 2.06. The molecule has 2 heterocycles. The Labute approximate surface area is 207 Å². The van der Waals surface area contributed by atoms with Crippen molar-refractivity contribution >= 4 is 34.8 Å². The Kier molecular flexibility index (Phi) is 6.40. The summed E-state index contributed by atoms with van der Waals surface area (Å²) in [5, 5.41) is 10.1. The summed E-state index contributed by atoms with van der Waals surface area (Å²) in [4.78, 5) is 17.1. The Morgan fingerprint density at radius 3 is 2.60 bits per heavy atom. The molecule has 0 saturated heterocycles. The summed E-state index contributed by atoms with van der Waals surface area (Å²) < 4.78 is 9.82. The van der Waals surface area contributed by atoms with Gasteiger partial charge in [0.15, 0.2) is 10.6 Å². The summed E-state index contributed by atoms with van der Waals surface area (Å²) in [5.41, 5.74) is 4.56. The lowest BCUT2D eigenvalue weighted by atomic mass is 10.2. The van der Waals surface area contributed by atoms with Crippen LogP contribution < -0.4 is 10.1 Å². The van der Waals surface area contributed by atoms with E-state index in [0.29, 0.717) is 23.7 Å². The molecule has 0 aliphatic carbocycles. The maximum absolute atomic E-state index is 12.7. The summed E-state index contributed by atoms with van der Waals surface area (Å²) >= 11 is 5.39. The van der Waals surface area contributed by atoms with Crippen molar-refractivity contribution in [3.05, 3.63) is 83.9 Å². The van der Waals surface area contributed by atoms with Gasteiger partial charge < -0.3 is 10.1 Å². The molecule has 2 aromatic heterocycles. The van der Waals surface area contributed by atoms with E-state index in [-0.39, 0.29) is 12.3 Å². The highest BCUT2D eigenvalue weighted by Gasteiger charge is 2.12. The lowest BCUT2D eigenvalue weighted by molar-refractivity contribution is -0.116. The van der Waals surface area contributed by atoms with Crippen molar-refractivity contribution in [3.63, 3.8) is 0 Å². The Balaban J connectivity index is 1.24. The molecular formula is C26H24N6O2S. The van der Waals surface area contributed by atoms with Crippen LogP contribution in [0.2, 0.25) is 0 Å². The van der Waals surface area contributed by atoms with Crippen LogP contribution in [0.3, 0.4) is 0 Å². The number of carbonyl (C=O) groups is 1. The van der Waals surface area contributed by atoms with Gasteiger partial charge >= 0.3 is 0 Å². The second-order valence-electron chi connectivity index (χ2n) is 7.91. The lowest BCUT2D eigenvalue weighted by Crippen LogP contribution is -2.15. The number of nitrogens with zero attached hydrogens (tertiary/aromatic N) is 4. The zero-order valence-electron chi connectivity index (χ0n) is 19.1.